The minimum absolute atomic E-state index is 0.00675. The fourth-order valence-electron chi connectivity index (χ4n) is 2.42. The Morgan fingerprint density at radius 3 is 3.00 bits per heavy atom. The van der Waals surface area contributed by atoms with E-state index in [4.69, 9.17) is 5.73 Å². The second kappa shape index (κ2) is 3.89. The molecule has 1 aliphatic rings. The zero-order valence-electron chi connectivity index (χ0n) is 9.52. The van der Waals surface area contributed by atoms with E-state index in [1.54, 1.807) is 0 Å². The van der Waals surface area contributed by atoms with Gasteiger partial charge in [-0.1, -0.05) is 18.2 Å². The maximum Gasteiger partial charge on any atom is 0.224 e. The highest BCUT2D eigenvalue weighted by Gasteiger charge is 2.27. The van der Waals surface area contributed by atoms with Crippen molar-refractivity contribution in [2.24, 2.45) is 5.73 Å². The molecule has 17 heavy (non-hydrogen) atoms. The number of hydrogen-bond donors (Lipinski definition) is 2. The third kappa shape index (κ3) is 1.80. The summed E-state index contributed by atoms with van der Waals surface area (Å²) in [6.07, 6.45) is 2.45. The van der Waals surface area contributed by atoms with Gasteiger partial charge < -0.3 is 15.6 Å². The Hall–Kier alpha value is -1.81. The molecule has 3 N–H and O–H groups in total. The van der Waals surface area contributed by atoms with E-state index < -0.39 is 0 Å². The second-order valence-electron chi connectivity index (χ2n) is 4.60. The van der Waals surface area contributed by atoms with Crippen LogP contribution in [-0.2, 0) is 11.3 Å². The molecule has 1 unspecified atom stereocenters. The minimum Gasteiger partial charge on any atom is -0.361 e. The summed E-state index contributed by atoms with van der Waals surface area (Å²) in [7, 11) is 0. The fraction of sp³-hybridized carbons (Fsp3) is 0.308. The van der Waals surface area contributed by atoms with Gasteiger partial charge in [0.2, 0.25) is 5.91 Å². The van der Waals surface area contributed by atoms with E-state index in [0.717, 1.165) is 11.1 Å². The summed E-state index contributed by atoms with van der Waals surface area (Å²) < 4.78 is 0. The van der Waals surface area contributed by atoms with Crippen LogP contribution < -0.4 is 5.73 Å². The summed E-state index contributed by atoms with van der Waals surface area (Å²) in [6.45, 7) is 1.31. The molecule has 1 atom stereocenters. The maximum absolute atomic E-state index is 11.7. The first-order valence-electron chi connectivity index (χ1n) is 5.82. The van der Waals surface area contributed by atoms with Crippen LogP contribution in [0.5, 0.6) is 0 Å². The van der Waals surface area contributed by atoms with Crippen molar-refractivity contribution >= 4 is 16.8 Å². The van der Waals surface area contributed by atoms with Gasteiger partial charge in [-0.15, -0.1) is 0 Å². The van der Waals surface area contributed by atoms with Gasteiger partial charge in [-0.05, 0) is 11.6 Å². The fourth-order valence-corrected chi connectivity index (χ4v) is 2.42. The number of aromatic amines is 1. The van der Waals surface area contributed by atoms with E-state index in [1.165, 1.54) is 5.39 Å². The summed E-state index contributed by atoms with van der Waals surface area (Å²) >= 11 is 0. The van der Waals surface area contributed by atoms with Crippen LogP contribution in [0.15, 0.2) is 30.5 Å². The normalized spacial score (nSPS) is 20.4. The molecule has 2 heterocycles. The highest BCUT2D eigenvalue weighted by atomic mass is 16.2. The minimum atomic E-state index is -0.00675. The van der Waals surface area contributed by atoms with E-state index in [-0.39, 0.29) is 11.9 Å². The number of amides is 1. The number of carbonyl (C=O) groups is 1. The maximum atomic E-state index is 11.7. The van der Waals surface area contributed by atoms with Crippen LogP contribution in [0.1, 0.15) is 12.0 Å². The average molecular weight is 229 g/mol. The Morgan fingerprint density at radius 2 is 2.24 bits per heavy atom. The Bertz CT molecular complexity index is 561. The van der Waals surface area contributed by atoms with Crippen molar-refractivity contribution in [2.45, 2.75) is 19.0 Å². The standard InChI is InChI=1S/C13H15N3O/c14-10-5-13(17)16(8-10)7-9-6-15-12-4-2-1-3-11(9)12/h1-4,6,10,15H,5,7-8,14H2. The topological polar surface area (TPSA) is 62.1 Å². The van der Waals surface area contributed by atoms with E-state index in [2.05, 4.69) is 11.1 Å². The molecule has 1 aromatic carbocycles. The van der Waals surface area contributed by atoms with Gasteiger partial charge >= 0.3 is 0 Å². The van der Waals surface area contributed by atoms with Crippen LogP contribution in [-0.4, -0.2) is 28.4 Å². The van der Waals surface area contributed by atoms with E-state index >= 15 is 0 Å². The number of fused-ring (bicyclic) bond motifs is 1. The molecular weight excluding hydrogens is 214 g/mol. The molecule has 4 nitrogen and oxygen atoms in total. The molecule has 1 fully saturated rings. The Labute approximate surface area is 99.4 Å². The number of nitrogens with two attached hydrogens (primary N) is 1. The lowest BCUT2D eigenvalue weighted by Gasteiger charge is -2.15. The van der Waals surface area contributed by atoms with Crippen molar-refractivity contribution < 1.29 is 4.79 Å². The van der Waals surface area contributed by atoms with Gasteiger partial charge in [-0.3, -0.25) is 4.79 Å². The number of nitrogens with zero attached hydrogens (tertiary/aromatic N) is 1. The summed E-state index contributed by atoms with van der Waals surface area (Å²) in [4.78, 5) is 16.7. The van der Waals surface area contributed by atoms with Crippen molar-refractivity contribution in [3.8, 4) is 0 Å². The molecule has 3 rings (SSSR count). The molecule has 4 heteroatoms. The van der Waals surface area contributed by atoms with Gasteiger partial charge in [0.25, 0.3) is 0 Å². The molecule has 0 spiro atoms. The number of likely N-dealkylation sites (tertiary alicyclic amines) is 1. The lowest BCUT2D eigenvalue weighted by atomic mass is 10.1. The smallest absolute Gasteiger partial charge is 0.224 e. The van der Waals surface area contributed by atoms with Crippen molar-refractivity contribution in [1.29, 1.82) is 0 Å². The van der Waals surface area contributed by atoms with Gasteiger partial charge in [-0.2, -0.15) is 0 Å². The van der Waals surface area contributed by atoms with E-state index in [9.17, 15) is 4.79 Å². The van der Waals surface area contributed by atoms with Crippen LogP contribution in [0.3, 0.4) is 0 Å². The molecule has 1 saturated heterocycles. The van der Waals surface area contributed by atoms with Gasteiger partial charge in [0.15, 0.2) is 0 Å². The SMILES string of the molecule is NC1CC(=O)N(Cc2c[nH]c3ccccc23)C1. The predicted molar refractivity (Wildman–Crippen MR) is 66.3 cm³/mol. The molecule has 0 saturated carbocycles. The second-order valence-corrected chi connectivity index (χ2v) is 4.60. The van der Waals surface area contributed by atoms with Crippen LogP contribution in [0, 0.1) is 0 Å². The first-order valence-corrected chi connectivity index (χ1v) is 5.82. The van der Waals surface area contributed by atoms with Gasteiger partial charge in [-0.25, -0.2) is 0 Å². The van der Waals surface area contributed by atoms with Gasteiger partial charge in [0.1, 0.15) is 0 Å². The Balaban J connectivity index is 1.88. The largest absolute Gasteiger partial charge is 0.361 e. The lowest BCUT2D eigenvalue weighted by molar-refractivity contribution is -0.128. The summed E-state index contributed by atoms with van der Waals surface area (Å²) in [5.41, 5.74) is 8.05. The molecule has 1 aromatic heterocycles. The molecular formula is C13H15N3O. The third-order valence-electron chi connectivity index (χ3n) is 3.28. The number of benzene rings is 1. The van der Waals surface area contributed by atoms with E-state index in [1.807, 2.05) is 29.3 Å². The molecule has 0 radical (unpaired) electrons. The number of hydrogen-bond acceptors (Lipinski definition) is 2. The molecule has 1 aliphatic heterocycles. The summed E-state index contributed by atoms with van der Waals surface area (Å²) in [5, 5.41) is 1.18. The molecule has 2 aromatic rings. The molecule has 0 bridgehead atoms. The van der Waals surface area contributed by atoms with Gasteiger partial charge in [0.05, 0.1) is 0 Å². The first-order chi connectivity index (χ1) is 8.24. The third-order valence-corrected chi connectivity index (χ3v) is 3.28. The highest BCUT2D eigenvalue weighted by Crippen LogP contribution is 2.21. The van der Waals surface area contributed by atoms with Crippen LogP contribution in [0.25, 0.3) is 10.9 Å². The van der Waals surface area contributed by atoms with Crippen molar-refractivity contribution in [3.63, 3.8) is 0 Å². The van der Waals surface area contributed by atoms with Crippen molar-refractivity contribution in [1.82, 2.24) is 9.88 Å². The lowest BCUT2D eigenvalue weighted by Crippen LogP contribution is -2.27. The zero-order valence-corrected chi connectivity index (χ0v) is 9.52. The van der Waals surface area contributed by atoms with Gasteiger partial charge in [0, 0.05) is 42.7 Å². The molecule has 88 valence electrons. The predicted octanol–water partition coefficient (Wildman–Crippen LogP) is 1.23. The number of aromatic nitrogens is 1. The summed E-state index contributed by atoms with van der Waals surface area (Å²) in [6, 6.07) is 8.11. The van der Waals surface area contributed by atoms with E-state index in [0.29, 0.717) is 19.5 Å². The number of rotatable bonds is 2. The average Bonchev–Trinajstić information content (AvgIpc) is 2.85. The Morgan fingerprint density at radius 1 is 1.41 bits per heavy atom. The number of H-pyrrole nitrogens is 1. The first kappa shape index (κ1) is 10.4. The number of carbonyl (C=O) groups excluding carboxylic acids is 1. The van der Waals surface area contributed by atoms with Crippen LogP contribution in [0.2, 0.25) is 0 Å². The molecule has 0 aliphatic carbocycles. The highest BCUT2D eigenvalue weighted by molar-refractivity contribution is 5.84. The van der Waals surface area contributed by atoms with Crippen LogP contribution >= 0.6 is 0 Å². The van der Waals surface area contributed by atoms with Crippen molar-refractivity contribution in [2.75, 3.05) is 6.54 Å². The van der Waals surface area contributed by atoms with Crippen molar-refractivity contribution in [3.05, 3.63) is 36.0 Å². The quantitative estimate of drug-likeness (QED) is 0.813. The number of nitrogens with one attached hydrogen (secondary N) is 1. The zero-order chi connectivity index (χ0) is 11.8. The van der Waals surface area contributed by atoms with Crippen LogP contribution in [0.4, 0.5) is 0 Å². The Kier molecular flexibility index (Phi) is 2.37. The molecule has 1 amide bonds. The number of para-hydroxylation sites is 1. The summed E-state index contributed by atoms with van der Waals surface area (Å²) in [5.74, 6) is 0.155. The monoisotopic (exact) mass is 229 g/mol.